The summed E-state index contributed by atoms with van der Waals surface area (Å²) in [5.41, 5.74) is 9.91. The number of anilines is 1. The predicted molar refractivity (Wildman–Crippen MR) is 197 cm³/mol. The Kier molecular flexibility index (Phi) is 16.1. The number of thioether (sulfide) groups is 1. The van der Waals surface area contributed by atoms with Crippen LogP contribution in [-0.4, -0.2) is 68.8 Å². The van der Waals surface area contributed by atoms with Gasteiger partial charge in [0.1, 0.15) is 17.3 Å². The largest absolute Gasteiger partial charge is 0.494 e. The first-order valence-electron chi connectivity index (χ1n) is 15.8. The molecule has 2 aromatic rings. The molecule has 1 fully saturated rings. The molecule has 1 aromatic heterocycles. The highest BCUT2D eigenvalue weighted by Gasteiger charge is 2.24. The van der Waals surface area contributed by atoms with E-state index in [2.05, 4.69) is 36.0 Å². The molecule has 1 heterocycles. The maximum atomic E-state index is 15.5. The van der Waals surface area contributed by atoms with Crippen LogP contribution in [0.15, 0.2) is 69.9 Å². The van der Waals surface area contributed by atoms with E-state index in [1.165, 1.54) is 48.5 Å². The van der Waals surface area contributed by atoms with Crippen LogP contribution in [0.2, 0.25) is 0 Å². The van der Waals surface area contributed by atoms with Gasteiger partial charge in [-0.1, -0.05) is 50.8 Å². The van der Waals surface area contributed by atoms with E-state index in [-0.39, 0.29) is 23.8 Å². The van der Waals surface area contributed by atoms with Gasteiger partial charge in [0.2, 0.25) is 0 Å². The van der Waals surface area contributed by atoms with Crippen molar-refractivity contribution in [1.29, 1.82) is 10.8 Å². The van der Waals surface area contributed by atoms with Crippen molar-refractivity contribution in [3.63, 3.8) is 0 Å². The van der Waals surface area contributed by atoms with Crippen molar-refractivity contribution in [2.75, 3.05) is 46.8 Å². The average Bonchev–Trinajstić information content (AvgIpc) is 3.02. The van der Waals surface area contributed by atoms with Crippen LogP contribution in [0, 0.1) is 23.6 Å². The summed E-state index contributed by atoms with van der Waals surface area (Å²) in [4.78, 5) is 20.4. The lowest BCUT2D eigenvalue weighted by Gasteiger charge is -2.25. The third-order valence-electron chi connectivity index (χ3n) is 7.20. The van der Waals surface area contributed by atoms with Crippen molar-refractivity contribution in [2.24, 2.45) is 5.73 Å². The number of hydrogen-bond acceptors (Lipinski definition) is 9. The second-order valence-corrected chi connectivity index (χ2v) is 12.5. The van der Waals surface area contributed by atoms with Crippen molar-refractivity contribution in [3.05, 3.63) is 87.0 Å². The Hall–Kier alpha value is -4.42. The normalized spacial score (nSPS) is 12.6. The van der Waals surface area contributed by atoms with Gasteiger partial charge in [-0.2, -0.15) is 0 Å². The van der Waals surface area contributed by atoms with Crippen molar-refractivity contribution in [3.8, 4) is 16.9 Å². The third-order valence-corrected chi connectivity index (χ3v) is 8.23. The Morgan fingerprint density at radius 2 is 1.92 bits per heavy atom. The fraction of sp³-hybridized carbons (Fsp3) is 0.389. The summed E-state index contributed by atoms with van der Waals surface area (Å²) in [6, 6.07) is 4.87. The Bertz CT molecular complexity index is 1590. The first-order valence-corrected chi connectivity index (χ1v) is 16.6. The number of methoxy groups -OCH3 is 2. The number of halogens is 1. The molecule has 1 amide bonds. The van der Waals surface area contributed by atoms with E-state index in [4.69, 9.17) is 26.0 Å². The maximum absolute atomic E-state index is 15.5. The number of nitrogens with zero attached hydrogens (tertiary/aromatic N) is 2. The molecule has 10 nitrogen and oxygen atoms in total. The van der Waals surface area contributed by atoms with Gasteiger partial charge in [0, 0.05) is 54.4 Å². The number of carbonyl (C=O) groups excluding carboxylic acids is 1. The molecular formula is C36H50FN7O3S. The van der Waals surface area contributed by atoms with Crippen LogP contribution in [0.1, 0.15) is 62.5 Å². The molecule has 3 rings (SSSR count). The zero-order valence-corrected chi connectivity index (χ0v) is 30.2. The van der Waals surface area contributed by atoms with Crippen LogP contribution >= 0.6 is 11.8 Å². The molecule has 1 aliphatic rings. The van der Waals surface area contributed by atoms with Gasteiger partial charge in [0.25, 0.3) is 5.91 Å². The zero-order valence-electron chi connectivity index (χ0n) is 29.4. The van der Waals surface area contributed by atoms with Crippen molar-refractivity contribution in [1.82, 2.24) is 15.2 Å². The minimum Gasteiger partial charge on any atom is -0.494 e. The second-order valence-electron chi connectivity index (χ2n) is 11.2. The van der Waals surface area contributed by atoms with Gasteiger partial charge in [-0.15, -0.1) is 0 Å². The third kappa shape index (κ3) is 10.5. The number of nitrogens with two attached hydrogens (primary N) is 1. The number of carbonyl (C=O) groups is 1. The quantitative estimate of drug-likeness (QED) is 0.0966. The molecule has 0 unspecified atom stereocenters. The van der Waals surface area contributed by atoms with Crippen LogP contribution < -0.4 is 21.1 Å². The molecule has 1 aliphatic carbocycles. The minimum atomic E-state index is -0.777. The Morgan fingerprint density at radius 3 is 2.42 bits per heavy atom. The highest BCUT2D eigenvalue weighted by atomic mass is 32.2. The summed E-state index contributed by atoms with van der Waals surface area (Å²) >= 11 is 1.41. The predicted octanol–water partition coefficient (Wildman–Crippen LogP) is 7.40. The summed E-state index contributed by atoms with van der Waals surface area (Å²) in [7, 11) is 6.43. The van der Waals surface area contributed by atoms with Gasteiger partial charge in [0.05, 0.1) is 37.3 Å². The average molecular weight is 680 g/mol. The van der Waals surface area contributed by atoms with E-state index in [1.54, 1.807) is 27.3 Å². The van der Waals surface area contributed by atoms with Gasteiger partial charge in [-0.25, -0.2) is 9.37 Å². The van der Waals surface area contributed by atoms with Crippen LogP contribution in [0.4, 0.5) is 10.1 Å². The lowest BCUT2D eigenvalue weighted by atomic mass is 9.88. The number of amides is 1. The standard InChI is InChI=1S/C33H42FN7O3S.C3H8/c1-8-23(18-43-6)45-20(3)17-41(5)33(42)31-24(34)14-22(16-39-31)28-19(2)12-13-25(32(28)44-7)40-26(15-27(35)36)29(37)30(38-4)21-10-9-11-21;1-3-2/h8,12-16,37-38,40H,3,9-11,17-18H2,1-2,4-7H3,(H3,35,36);3H2,1-2H3/b23-8-,26-15+,37-29?;. The van der Waals surface area contributed by atoms with E-state index < -0.39 is 11.7 Å². The van der Waals surface area contributed by atoms with Gasteiger partial charge in [0.15, 0.2) is 11.5 Å². The van der Waals surface area contributed by atoms with Crippen LogP contribution in [0.5, 0.6) is 5.75 Å². The summed E-state index contributed by atoms with van der Waals surface area (Å²) in [5, 5.41) is 23.1. The minimum absolute atomic E-state index is 0.160. The molecule has 0 radical (unpaired) electrons. The van der Waals surface area contributed by atoms with Crippen LogP contribution in [0.25, 0.3) is 11.1 Å². The summed E-state index contributed by atoms with van der Waals surface area (Å²) in [6.45, 7) is 12.7. The molecule has 260 valence electrons. The molecule has 0 saturated heterocycles. The fourth-order valence-electron chi connectivity index (χ4n) is 4.82. The summed E-state index contributed by atoms with van der Waals surface area (Å²) < 4.78 is 26.5. The fourth-order valence-corrected chi connectivity index (χ4v) is 5.74. The Balaban J connectivity index is 0.00000257. The Morgan fingerprint density at radius 1 is 1.25 bits per heavy atom. The molecule has 0 spiro atoms. The van der Waals surface area contributed by atoms with Crippen LogP contribution in [0.3, 0.4) is 0 Å². The molecular weight excluding hydrogens is 630 g/mol. The zero-order chi connectivity index (χ0) is 36.0. The van der Waals surface area contributed by atoms with E-state index in [0.29, 0.717) is 45.5 Å². The monoisotopic (exact) mass is 679 g/mol. The molecule has 0 atom stereocenters. The molecule has 1 aromatic carbocycles. The molecule has 0 bridgehead atoms. The number of ether oxygens (including phenoxy) is 2. The number of rotatable bonds is 15. The van der Waals surface area contributed by atoms with Crippen LogP contribution in [-0.2, 0) is 4.74 Å². The van der Waals surface area contributed by atoms with E-state index >= 15 is 4.39 Å². The lowest BCUT2D eigenvalue weighted by Crippen LogP contribution is -2.29. The summed E-state index contributed by atoms with van der Waals surface area (Å²) in [5.74, 6) is -1.20. The molecule has 1 saturated carbocycles. The van der Waals surface area contributed by atoms with Gasteiger partial charge < -0.3 is 30.7 Å². The molecule has 0 aliphatic heterocycles. The summed E-state index contributed by atoms with van der Waals surface area (Å²) in [6.07, 6.45) is 8.84. The van der Waals surface area contributed by atoms with Crippen molar-refractivity contribution < 1.29 is 18.7 Å². The maximum Gasteiger partial charge on any atom is 0.275 e. The van der Waals surface area contributed by atoms with Gasteiger partial charge in [-0.05, 0) is 56.4 Å². The molecule has 12 heteroatoms. The lowest BCUT2D eigenvalue weighted by molar-refractivity contribution is 0.0798. The number of allylic oxidation sites excluding steroid dienone is 2. The van der Waals surface area contributed by atoms with E-state index in [1.807, 2.05) is 26.0 Å². The van der Waals surface area contributed by atoms with Crippen molar-refractivity contribution >= 4 is 34.9 Å². The number of hydrogen-bond donors (Lipinski definition) is 5. The first-order chi connectivity index (χ1) is 22.9. The second kappa shape index (κ2) is 19.4. The van der Waals surface area contributed by atoms with Gasteiger partial charge in [-0.3, -0.25) is 15.6 Å². The molecule has 48 heavy (non-hydrogen) atoms. The van der Waals surface area contributed by atoms with Crippen molar-refractivity contribution in [2.45, 2.75) is 53.4 Å². The van der Waals surface area contributed by atoms with Gasteiger partial charge >= 0.3 is 0 Å². The topological polar surface area (TPSA) is 149 Å². The highest BCUT2D eigenvalue weighted by molar-refractivity contribution is 8.06. The number of nitrogens with one attached hydrogen (secondary N) is 4. The number of likely N-dealkylation sites (N-methyl/N-ethyl adjacent to an activating group) is 1. The number of amidine groups is 1. The highest BCUT2D eigenvalue weighted by Crippen LogP contribution is 2.40. The smallest absolute Gasteiger partial charge is 0.275 e. The number of aromatic nitrogens is 1. The Labute approximate surface area is 288 Å². The van der Waals surface area contributed by atoms with E-state index in [9.17, 15) is 4.79 Å². The van der Waals surface area contributed by atoms with E-state index in [0.717, 1.165) is 35.3 Å². The first kappa shape index (κ1) is 39.8. The number of benzene rings is 1. The SMILES string of the molecule is C=C(CN(C)C(=O)c1ncc(-c2c(C)ccc(N/C(=C/C(=N)N)C(=N)C(NC)=C3CCC3)c2OC)cc1F)S/C(=C\C)COC.CCC. The number of pyridine rings is 1. The number of aryl methyl sites for hydroxylation is 1. The molecule has 6 N–H and O–H groups in total.